The maximum atomic E-state index is 5.02. The zero-order chi connectivity index (χ0) is 7.40. The van der Waals surface area contributed by atoms with E-state index in [0.29, 0.717) is 0 Å². The molecule has 10 heavy (non-hydrogen) atoms. The number of benzene rings is 1. The number of methoxy groups -OCH3 is 1. The van der Waals surface area contributed by atoms with Gasteiger partial charge in [0.2, 0.25) is 0 Å². The van der Waals surface area contributed by atoms with Gasteiger partial charge in [-0.15, -0.1) is 0 Å². The fourth-order valence-electron chi connectivity index (χ4n) is 0.771. The lowest BCUT2D eigenvalue weighted by molar-refractivity contribution is 0.414. The van der Waals surface area contributed by atoms with Crippen molar-refractivity contribution < 1.29 is 4.74 Å². The van der Waals surface area contributed by atoms with Crippen LogP contribution in [-0.2, 0) is 5.75 Å². The summed E-state index contributed by atoms with van der Waals surface area (Å²) in [6.45, 7) is 0. The van der Waals surface area contributed by atoms with Crippen LogP contribution in [0, 0.1) is 0 Å². The van der Waals surface area contributed by atoms with Crippen molar-refractivity contribution in [3.05, 3.63) is 29.8 Å². The van der Waals surface area contributed by atoms with Gasteiger partial charge in [-0.3, -0.25) is 0 Å². The maximum absolute atomic E-state index is 5.02. The van der Waals surface area contributed by atoms with Crippen LogP contribution in [-0.4, -0.2) is 7.11 Å². The number of rotatable bonds is 2. The summed E-state index contributed by atoms with van der Waals surface area (Å²) in [5.74, 6) is 1.66. The van der Waals surface area contributed by atoms with Gasteiger partial charge in [0, 0.05) is 5.75 Å². The van der Waals surface area contributed by atoms with Crippen LogP contribution in [0.25, 0.3) is 0 Å². The van der Waals surface area contributed by atoms with E-state index in [1.807, 2.05) is 24.3 Å². The van der Waals surface area contributed by atoms with Crippen molar-refractivity contribution in [3.63, 3.8) is 0 Å². The first-order chi connectivity index (χ1) is 4.86. The summed E-state index contributed by atoms with van der Waals surface area (Å²) in [5, 5.41) is 0. The van der Waals surface area contributed by atoms with Gasteiger partial charge >= 0.3 is 0 Å². The normalized spacial score (nSPS) is 9.40. The summed E-state index contributed by atoms with van der Waals surface area (Å²) in [6, 6.07) is 7.89. The van der Waals surface area contributed by atoms with Gasteiger partial charge in [0.05, 0.1) is 7.11 Å². The van der Waals surface area contributed by atoms with Gasteiger partial charge in [-0.1, -0.05) is 12.1 Å². The van der Waals surface area contributed by atoms with E-state index in [-0.39, 0.29) is 0 Å². The van der Waals surface area contributed by atoms with E-state index < -0.39 is 0 Å². The van der Waals surface area contributed by atoms with Crippen LogP contribution in [0.3, 0.4) is 0 Å². The Balaban J connectivity index is 2.87. The quantitative estimate of drug-likeness (QED) is 0.642. The van der Waals surface area contributed by atoms with E-state index in [2.05, 4.69) is 12.6 Å². The Morgan fingerprint density at radius 2 is 2.30 bits per heavy atom. The van der Waals surface area contributed by atoms with Crippen molar-refractivity contribution in [1.82, 2.24) is 0 Å². The van der Waals surface area contributed by atoms with Gasteiger partial charge in [-0.2, -0.15) is 12.6 Å². The molecule has 0 amide bonds. The van der Waals surface area contributed by atoms with Crippen molar-refractivity contribution in [3.8, 4) is 5.75 Å². The highest BCUT2D eigenvalue weighted by Gasteiger charge is 1.90. The molecule has 0 aromatic heterocycles. The predicted molar refractivity (Wildman–Crippen MR) is 45.7 cm³/mol. The van der Waals surface area contributed by atoms with Crippen molar-refractivity contribution in [2.24, 2.45) is 0 Å². The Bertz CT molecular complexity index is 191. The summed E-state index contributed by atoms with van der Waals surface area (Å²) < 4.78 is 5.02. The molecule has 1 aromatic carbocycles. The van der Waals surface area contributed by atoms with Gasteiger partial charge in [0.15, 0.2) is 0 Å². The highest BCUT2D eigenvalue weighted by atomic mass is 32.1. The number of hydrogen-bond donors (Lipinski definition) is 1. The third-order valence-corrected chi connectivity index (χ3v) is 1.68. The summed E-state index contributed by atoms with van der Waals surface area (Å²) >= 11 is 4.14. The molecule has 0 aliphatic rings. The fraction of sp³-hybridized carbons (Fsp3) is 0.250. The Kier molecular flexibility index (Phi) is 2.63. The van der Waals surface area contributed by atoms with Crippen molar-refractivity contribution >= 4 is 12.6 Å². The lowest BCUT2D eigenvalue weighted by atomic mass is 10.2. The second-order valence-corrected chi connectivity index (χ2v) is 2.33. The lowest BCUT2D eigenvalue weighted by Crippen LogP contribution is -1.83. The molecule has 0 fully saturated rings. The minimum absolute atomic E-state index is 0.761. The molecule has 0 unspecified atom stereocenters. The van der Waals surface area contributed by atoms with E-state index >= 15 is 0 Å². The van der Waals surface area contributed by atoms with Crippen LogP contribution in [0.4, 0.5) is 0 Å². The van der Waals surface area contributed by atoms with Crippen LogP contribution in [0.2, 0.25) is 0 Å². The van der Waals surface area contributed by atoms with Gasteiger partial charge < -0.3 is 4.74 Å². The van der Waals surface area contributed by atoms with E-state index in [0.717, 1.165) is 11.5 Å². The fourth-order valence-corrected chi connectivity index (χ4v) is 0.968. The maximum Gasteiger partial charge on any atom is 0.119 e. The molecule has 0 heterocycles. The van der Waals surface area contributed by atoms with Gasteiger partial charge in [-0.25, -0.2) is 0 Å². The number of thiol groups is 1. The summed E-state index contributed by atoms with van der Waals surface area (Å²) in [6.07, 6.45) is 0. The largest absolute Gasteiger partial charge is 0.497 e. The Hall–Kier alpha value is -0.630. The van der Waals surface area contributed by atoms with Crippen molar-refractivity contribution in [2.75, 3.05) is 7.11 Å². The van der Waals surface area contributed by atoms with Crippen LogP contribution in [0.15, 0.2) is 24.3 Å². The molecule has 0 bridgehead atoms. The number of ether oxygens (including phenoxy) is 1. The van der Waals surface area contributed by atoms with E-state index in [1.54, 1.807) is 7.11 Å². The molecule has 0 spiro atoms. The molecule has 0 saturated heterocycles. The highest BCUT2D eigenvalue weighted by Crippen LogP contribution is 2.13. The topological polar surface area (TPSA) is 9.23 Å². The Morgan fingerprint density at radius 1 is 1.50 bits per heavy atom. The van der Waals surface area contributed by atoms with Gasteiger partial charge in [-0.05, 0) is 17.7 Å². The van der Waals surface area contributed by atoms with Gasteiger partial charge in [0.1, 0.15) is 5.75 Å². The molecule has 0 atom stereocenters. The van der Waals surface area contributed by atoms with E-state index in [1.165, 1.54) is 5.56 Å². The second-order valence-electron chi connectivity index (χ2n) is 2.01. The van der Waals surface area contributed by atoms with Crippen LogP contribution in [0.1, 0.15) is 5.56 Å². The SMILES string of the molecule is COc1cccc(CS)c1. The average molecular weight is 154 g/mol. The minimum Gasteiger partial charge on any atom is -0.497 e. The third-order valence-electron chi connectivity index (χ3n) is 1.32. The zero-order valence-electron chi connectivity index (χ0n) is 5.87. The highest BCUT2D eigenvalue weighted by molar-refractivity contribution is 7.79. The molecule has 54 valence electrons. The van der Waals surface area contributed by atoms with Crippen molar-refractivity contribution in [1.29, 1.82) is 0 Å². The molecule has 0 N–H and O–H groups in total. The first-order valence-corrected chi connectivity index (χ1v) is 3.74. The van der Waals surface area contributed by atoms with E-state index in [4.69, 9.17) is 4.74 Å². The lowest BCUT2D eigenvalue weighted by Gasteiger charge is -1.99. The van der Waals surface area contributed by atoms with Crippen LogP contribution in [0.5, 0.6) is 5.75 Å². The second kappa shape index (κ2) is 3.52. The van der Waals surface area contributed by atoms with Gasteiger partial charge in [0.25, 0.3) is 0 Å². The molecule has 1 aromatic rings. The summed E-state index contributed by atoms with van der Waals surface area (Å²) in [4.78, 5) is 0. The van der Waals surface area contributed by atoms with Crippen molar-refractivity contribution in [2.45, 2.75) is 5.75 Å². The molecular weight excluding hydrogens is 144 g/mol. The molecule has 2 heteroatoms. The smallest absolute Gasteiger partial charge is 0.119 e. The molecule has 0 radical (unpaired) electrons. The first-order valence-electron chi connectivity index (χ1n) is 3.10. The molecule has 1 rings (SSSR count). The Labute approximate surface area is 66.4 Å². The summed E-state index contributed by atoms with van der Waals surface area (Å²) in [7, 11) is 1.66. The number of hydrogen-bond acceptors (Lipinski definition) is 2. The monoisotopic (exact) mass is 154 g/mol. The zero-order valence-corrected chi connectivity index (χ0v) is 6.77. The average Bonchev–Trinajstić information content (AvgIpc) is 2.05. The first kappa shape index (κ1) is 7.48. The molecule has 0 saturated carbocycles. The Morgan fingerprint density at radius 3 is 2.90 bits per heavy atom. The molecule has 0 aliphatic carbocycles. The minimum atomic E-state index is 0.761. The molecule has 0 aliphatic heterocycles. The molecular formula is C8H10OS. The van der Waals surface area contributed by atoms with E-state index in [9.17, 15) is 0 Å². The predicted octanol–water partition coefficient (Wildman–Crippen LogP) is 2.12. The third kappa shape index (κ3) is 1.67. The summed E-state index contributed by atoms with van der Waals surface area (Å²) in [5.41, 5.74) is 1.18. The molecule has 1 nitrogen and oxygen atoms in total. The standard InChI is InChI=1S/C8H10OS/c1-9-8-4-2-3-7(5-8)6-10/h2-5,10H,6H2,1H3. The van der Waals surface area contributed by atoms with Crippen LogP contribution < -0.4 is 4.74 Å². The van der Waals surface area contributed by atoms with Crippen LogP contribution >= 0.6 is 12.6 Å².